The quantitative estimate of drug-likeness (QED) is 0.922. The first kappa shape index (κ1) is 16.0. The maximum Gasteiger partial charge on any atom is 0.183 e. The fourth-order valence-electron chi connectivity index (χ4n) is 3.12. The van der Waals surface area contributed by atoms with Gasteiger partial charge in [-0.1, -0.05) is 41.9 Å². The summed E-state index contributed by atoms with van der Waals surface area (Å²) >= 11 is 5.87. The van der Waals surface area contributed by atoms with Gasteiger partial charge in [0.25, 0.3) is 0 Å². The lowest BCUT2D eigenvalue weighted by Gasteiger charge is -2.05. The number of hydrogen-bond donors (Lipinski definition) is 1. The van der Waals surface area contributed by atoms with Gasteiger partial charge >= 0.3 is 0 Å². The molecule has 3 atom stereocenters. The minimum atomic E-state index is -3.72. The van der Waals surface area contributed by atoms with E-state index in [1.807, 2.05) is 6.07 Å². The number of halogens is 1. The molecule has 2 aromatic rings. The van der Waals surface area contributed by atoms with Gasteiger partial charge < -0.3 is 5.11 Å². The van der Waals surface area contributed by atoms with Crippen LogP contribution in [0.1, 0.15) is 11.5 Å². The SMILES string of the molecule is N#C[C@]1(CO)[C@@H](c2ccc(Cl)cc2)[C@@H]1S(=O)(=O)c1ccccc1. The molecule has 1 aliphatic rings. The molecule has 0 saturated heterocycles. The summed E-state index contributed by atoms with van der Waals surface area (Å²) in [5.41, 5.74) is -0.628. The summed E-state index contributed by atoms with van der Waals surface area (Å²) in [6.07, 6.45) is 0. The van der Waals surface area contributed by atoms with E-state index in [1.54, 1.807) is 42.5 Å². The van der Waals surface area contributed by atoms with Crippen molar-refractivity contribution in [2.75, 3.05) is 6.61 Å². The number of aliphatic hydroxyl groups is 1. The maximum absolute atomic E-state index is 12.9. The van der Waals surface area contributed by atoms with Gasteiger partial charge in [0.2, 0.25) is 0 Å². The molecule has 1 N–H and O–H groups in total. The van der Waals surface area contributed by atoms with Gasteiger partial charge in [0, 0.05) is 10.9 Å². The smallest absolute Gasteiger partial charge is 0.183 e. The molecule has 1 fully saturated rings. The summed E-state index contributed by atoms with van der Waals surface area (Å²) in [6, 6.07) is 16.8. The molecule has 0 heterocycles. The number of sulfone groups is 1. The predicted octanol–water partition coefficient (Wildman–Crippen LogP) is 2.78. The number of aliphatic hydroxyl groups excluding tert-OH is 1. The second kappa shape index (κ2) is 5.64. The van der Waals surface area contributed by atoms with Gasteiger partial charge in [0.1, 0.15) is 5.41 Å². The van der Waals surface area contributed by atoms with E-state index in [0.717, 1.165) is 0 Å². The van der Waals surface area contributed by atoms with Crippen molar-refractivity contribution in [2.45, 2.75) is 16.1 Å². The van der Waals surface area contributed by atoms with Crippen molar-refractivity contribution in [3.05, 3.63) is 65.2 Å². The van der Waals surface area contributed by atoms with E-state index in [-0.39, 0.29) is 4.90 Å². The second-order valence-electron chi connectivity index (χ2n) is 5.62. The van der Waals surface area contributed by atoms with Crippen LogP contribution in [0, 0.1) is 16.7 Å². The summed E-state index contributed by atoms with van der Waals surface area (Å²) in [5.74, 6) is -0.569. The van der Waals surface area contributed by atoms with Crippen molar-refractivity contribution in [2.24, 2.45) is 5.41 Å². The molecule has 1 saturated carbocycles. The molecule has 0 spiro atoms. The lowest BCUT2D eigenvalue weighted by molar-refractivity contribution is 0.242. The third kappa shape index (κ3) is 2.43. The lowest BCUT2D eigenvalue weighted by atomic mass is 10.0. The summed E-state index contributed by atoms with van der Waals surface area (Å²) in [7, 11) is -3.72. The fourth-order valence-corrected chi connectivity index (χ4v) is 5.58. The van der Waals surface area contributed by atoms with Crippen molar-refractivity contribution in [1.82, 2.24) is 0 Å². The van der Waals surface area contributed by atoms with E-state index in [4.69, 9.17) is 11.6 Å². The highest BCUT2D eigenvalue weighted by Gasteiger charge is 2.72. The molecule has 6 heteroatoms. The Balaban J connectivity index is 2.07. The van der Waals surface area contributed by atoms with Crippen LogP contribution in [-0.2, 0) is 9.84 Å². The monoisotopic (exact) mass is 347 g/mol. The average Bonchev–Trinajstić information content (AvgIpc) is 3.27. The minimum absolute atomic E-state index is 0.162. The van der Waals surface area contributed by atoms with E-state index < -0.39 is 33.0 Å². The van der Waals surface area contributed by atoms with Gasteiger partial charge in [-0.2, -0.15) is 5.26 Å². The standard InChI is InChI=1S/C17H14ClNO3S/c18-13-8-6-12(7-9-13)15-16(17(15,10-19)11-20)23(21,22)14-4-2-1-3-5-14/h1-9,15-16,20H,11H2/t15-,16-,17-/m0/s1. The molecule has 3 rings (SSSR count). The lowest BCUT2D eigenvalue weighted by Crippen LogP contribution is -2.18. The highest BCUT2D eigenvalue weighted by molar-refractivity contribution is 7.92. The Kier molecular flexibility index (Phi) is 3.93. The van der Waals surface area contributed by atoms with Crippen LogP contribution in [0.5, 0.6) is 0 Å². The van der Waals surface area contributed by atoms with Crippen molar-refractivity contribution in [1.29, 1.82) is 5.26 Å². The Morgan fingerprint density at radius 1 is 1.13 bits per heavy atom. The van der Waals surface area contributed by atoms with Crippen molar-refractivity contribution in [3.63, 3.8) is 0 Å². The van der Waals surface area contributed by atoms with Crippen LogP contribution in [0.4, 0.5) is 0 Å². The van der Waals surface area contributed by atoms with Gasteiger partial charge in [-0.15, -0.1) is 0 Å². The summed E-state index contributed by atoms with van der Waals surface area (Å²) in [5, 5.41) is 18.8. The first-order chi connectivity index (χ1) is 11.0. The van der Waals surface area contributed by atoms with E-state index in [1.165, 1.54) is 12.1 Å². The molecule has 23 heavy (non-hydrogen) atoms. The zero-order valence-corrected chi connectivity index (χ0v) is 13.6. The Labute approximate surface area is 139 Å². The zero-order valence-electron chi connectivity index (χ0n) is 12.1. The topological polar surface area (TPSA) is 78.2 Å². The van der Waals surface area contributed by atoms with Crippen LogP contribution in [0.15, 0.2) is 59.5 Å². The number of rotatable bonds is 4. The predicted molar refractivity (Wildman–Crippen MR) is 86.7 cm³/mol. The van der Waals surface area contributed by atoms with Crippen LogP contribution in [0.25, 0.3) is 0 Å². The molecular formula is C17H14ClNO3S. The second-order valence-corrected chi connectivity index (χ2v) is 8.12. The van der Waals surface area contributed by atoms with E-state index in [0.29, 0.717) is 10.6 Å². The highest BCUT2D eigenvalue weighted by Crippen LogP contribution is 2.63. The van der Waals surface area contributed by atoms with Gasteiger partial charge in [-0.25, -0.2) is 8.42 Å². The number of nitriles is 1. The van der Waals surface area contributed by atoms with Crippen LogP contribution in [-0.4, -0.2) is 25.4 Å². The van der Waals surface area contributed by atoms with E-state index in [2.05, 4.69) is 0 Å². The van der Waals surface area contributed by atoms with E-state index >= 15 is 0 Å². The van der Waals surface area contributed by atoms with E-state index in [9.17, 15) is 18.8 Å². The molecule has 0 radical (unpaired) electrons. The normalized spacial score (nSPS) is 26.5. The first-order valence-electron chi connectivity index (χ1n) is 7.04. The van der Waals surface area contributed by atoms with Crippen molar-refractivity contribution < 1.29 is 13.5 Å². The van der Waals surface area contributed by atoms with Gasteiger partial charge in [0.05, 0.1) is 22.8 Å². The molecule has 4 nitrogen and oxygen atoms in total. The van der Waals surface area contributed by atoms with Crippen LogP contribution < -0.4 is 0 Å². The molecule has 0 amide bonds. The largest absolute Gasteiger partial charge is 0.395 e. The number of benzene rings is 2. The van der Waals surface area contributed by atoms with Gasteiger partial charge in [0.15, 0.2) is 9.84 Å². The van der Waals surface area contributed by atoms with Crippen molar-refractivity contribution >= 4 is 21.4 Å². The average molecular weight is 348 g/mol. The molecule has 0 aromatic heterocycles. The van der Waals surface area contributed by atoms with Crippen LogP contribution >= 0.6 is 11.6 Å². The Hall–Kier alpha value is -1.87. The third-order valence-corrected chi connectivity index (χ3v) is 6.90. The Bertz CT molecular complexity index is 859. The van der Waals surface area contributed by atoms with Gasteiger partial charge in [-0.3, -0.25) is 0 Å². The molecular weight excluding hydrogens is 334 g/mol. The number of nitrogens with zero attached hydrogens (tertiary/aromatic N) is 1. The highest BCUT2D eigenvalue weighted by atomic mass is 35.5. The first-order valence-corrected chi connectivity index (χ1v) is 8.96. The summed E-state index contributed by atoms with van der Waals surface area (Å²) < 4.78 is 25.8. The summed E-state index contributed by atoms with van der Waals surface area (Å²) in [4.78, 5) is 0.162. The number of hydrogen-bond acceptors (Lipinski definition) is 4. The molecule has 0 aliphatic heterocycles. The molecule has 1 aliphatic carbocycles. The zero-order chi connectivity index (χ0) is 16.7. The molecule has 118 valence electrons. The third-order valence-electron chi connectivity index (χ3n) is 4.36. The molecule has 2 aromatic carbocycles. The van der Waals surface area contributed by atoms with Gasteiger partial charge in [-0.05, 0) is 29.8 Å². The fraction of sp³-hybridized carbons (Fsp3) is 0.235. The maximum atomic E-state index is 12.9. The van der Waals surface area contributed by atoms with Crippen LogP contribution in [0.3, 0.4) is 0 Å². The van der Waals surface area contributed by atoms with Crippen LogP contribution in [0.2, 0.25) is 5.02 Å². The van der Waals surface area contributed by atoms with Crippen molar-refractivity contribution in [3.8, 4) is 6.07 Å². The Morgan fingerprint density at radius 3 is 2.26 bits per heavy atom. The Morgan fingerprint density at radius 2 is 1.74 bits per heavy atom. The summed E-state index contributed by atoms with van der Waals surface area (Å²) in [6.45, 7) is -0.506. The minimum Gasteiger partial charge on any atom is -0.395 e. The molecule has 0 unspecified atom stereocenters. The molecule has 0 bridgehead atoms.